The molecular formula is C32H46N4O8S. The summed E-state index contributed by atoms with van der Waals surface area (Å²) in [6, 6.07) is 11.6. The van der Waals surface area contributed by atoms with Crippen LogP contribution in [0.2, 0.25) is 0 Å². The molecule has 0 radical (unpaired) electrons. The topological polar surface area (TPSA) is 163 Å². The molecule has 45 heavy (non-hydrogen) atoms. The quantitative estimate of drug-likeness (QED) is 0.229. The summed E-state index contributed by atoms with van der Waals surface area (Å²) in [6.45, 7) is 10.3. The van der Waals surface area contributed by atoms with Crippen molar-refractivity contribution in [2.45, 2.75) is 77.5 Å². The van der Waals surface area contributed by atoms with E-state index in [1.165, 1.54) is 22.5 Å². The number of nitrogens with zero attached hydrogens (tertiary/aromatic N) is 1. The molecule has 2 aromatic carbocycles. The zero-order valence-corrected chi connectivity index (χ0v) is 27.6. The van der Waals surface area contributed by atoms with Crippen molar-refractivity contribution in [3.63, 3.8) is 0 Å². The number of aliphatic hydroxyl groups is 1. The Morgan fingerprint density at radius 2 is 1.62 bits per heavy atom. The molecule has 1 aliphatic heterocycles. The van der Waals surface area contributed by atoms with E-state index in [2.05, 4.69) is 16.0 Å². The molecule has 3 atom stereocenters. The van der Waals surface area contributed by atoms with Gasteiger partial charge in [-0.2, -0.15) is 4.31 Å². The number of rotatable bonds is 15. The molecule has 0 aromatic heterocycles. The Labute approximate surface area is 265 Å². The molecule has 13 heteroatoms. The van der Waals surface area contributed by atoms with Gasteiger partial charge in [-0.05, 0) is 35.4 Å². The maximum Gasteiger partial charge on any atom is 0.243 e. The summed E-state index contributed by atoms with van der Waals surface area (Å²) in [4.78, 5) is 38.0. The summed E-state index contributed by atoms with van der Waals surface area (Å²) in [6.07, 6.45) is -0.907. The fraction of sp³-hybridized carbons (Fsp3) is 0.531. The van der Waals surface area contributed by atoms with Gasteiger partial charge < -0.3 is 30.5 Å². The standard InChI is InChI=1S/C32H46N4O8S/c1-7-28(38)33-17-29(39)35-30(32(4,5)6)31(40)34-24(15-22-11-9-8-10-12-22)25(37)19-36(18-21(2)3)45(41,42)23-13-14-26-27(16-23)44-20-43-26/h8-14,16,21,24-25,30,37H,7,15,17-20H2,1-6H3,(H,33,38)(H,34,40)(H,35,39)/t24-,25+,30+/m0/s1. The summed E-state index contributed by atoms with van der Waals surface area (Å²) < 4.78 is 39.6. The molecule has 0 bridgehead atoms. The normalized spacial score (nSPS) is 15.0. The summed E-state index contributed by atoms with van der Waals surface area (Å²) in [5.41, 5.74) is 0.0814. The Morgan fingerprint density at radius 1 is 0.956 bits per heavy atom. The lowest BCUT2D eigenvalue weighted by Gasteiger charge is -2.34. The maximum absolute atomic E-state index is 13.9. The number of carbonyl (C=O) groups is 3. The fourth-order valence-corrected chi connectivity index (χ4v) is 6.45. The highest BCUT2D eigenvalue weighted by atomic mass is 32.2. The van der Waals surface area contributed by atoms with Crippen LogP contribution in [0.15, 0.2) is 53.4 Å². The summed E-state index contributed by atoms with van der Waals surface area (Å²) in [5.74, 6) is -0.689. The van der Waals surface area contributed by atoms with E-state index in [9.17, 15) is 27.9 Å². The predicted octanol–water partition coefficient (Wildman–Crippen LogP) is 2.21. The minimum atomic E-state index is -4.09. The minimum Gasteiger partial charge on any atom is -0.454 e. The lowest BCUT2D eigenvalue weighted by Crippen LogP contribution is -2.59. The van der Waals surface area contributed by atoms with Gasteiger partial charge in [-0.1, -0.05) is 71.9 Å². The van der Waals surface area contributed by atoms with E-state index in [0.717, 1.165) is 5.56 Å². The van der Waals surface area contributed by atoms with Gasteiger partial charge in [-0.25, -0.2) is 8.42 Å². The van der Waals surface area contributed by atoms with Crippen molar-refractivity contribution in [2.24, 2.45) is 11.3 Å². The van der Waals surface area contributed by atoms with Crippen LogP contribution in [-0.2, 0) is 30.8 Å². The first kappa shape index (κ1) is 35.8. The second kappa shape index (κ2) is 15.5. The average Bonchev–Trinajstić information content (AvgIpc) is 3.45. The van der Waals surface area contributed by atoms with Crippen molar-refractivity contribution >= 4 is 27.7 Å². The van der Waals surface area contributed by atoms with Gasteiger partial charge in [0, 0.05) is 25.6 Å². The van der Waals surface area contributed by atoms with Crippen LogP contribution in [0.1, 0.15) is 53.5 Å². The maximum atomic E-state index is 13.9. The first-order valence-electron chi connectivity index (χ1n) is 15.1. The lowest BCUT2D eigenvalue weighted by molar-refractivity contribution is -0.132. The third-order valence-corrected chi connectivity index (χ3v) is 9.06. The molecule has 248 valence electrons. The number of fused-ring (bicyclic) bond motifs is 1. The molecule has 0 saturated heterocycles. The van der Waals surface area contributed by atoms with Crippen LogP contribution in [0.5, 0.6) is 11.5 Å². The van der Waals surface area contributed by atoms with E-state index in [-0.39, 0.29) is 56.0 Å². The summed E-state index contributed by atoms with van der Waals surface area (Å²) in [5, 5.41) is 19.7. The van der Waals surface area contributed by atoms with Gasteiger partial charge >= 0.3 is 0 Å². The number of carbonyl (C=O) groups excluding carboxylic acids is 3. The van der Waals surface area contributed by atoms with Crippen LogP contribution in [-0.4, -0.2) is 80.2 Å². The highest BCUT2D eigenvalue weighted by Gasteiger charge is 2.37. The highest BCUT2D eigenvalue weighted by Crippen LogP contribution is 2.35. The van der Waals surface area contributed by atoms with Crippen LogP contribution in [0.4, 0.5) is 0 Å². The highest BCUT2D eigenvalue weighted by molar-refractivity contribution is 7.89. The Morgan fingerprint density at radius 3 is 2.24 bits per heavy atom. The van der Waals surface area contributed by atoms with Crippen molar-refractivity contribution in [3.05, 3.63) is 54.1 Å². The van der Waals surface area contributed by atoms with Crippen molar-refractivity contribution in [1.29, 1.82) is 0 Å². The van der Waals surface area contributed by atoms with Crippen LogP contribution >= 0.6 is 0 Å². The predicted molar refractivity (Wildman–Crippen MR) is 169 cm³/mol. The monoisotopic (exact) mass is 646 g/mol. The van der Waals surface area contributed by atoms with E-state index in [4.69, 9.17) is 9.47 Å². The Kier molecular flexibility index (Phi) is 12.4. The van der Waals surface area contributed by atoms with Gasteiger partial charge in [0.05, 0.1) is 23.6 Å². The Balaban J connectivity index is 1.87. The first-order chi connectivity index (χ1) is 21.1. The van der Waals surface area contributed by atoms with Gasteiger partial charge in [0.25, 0.3) is 0 Å². The van der Waals surface area contributed by atoms with Crippen LogP contribution < -0.4 is 25.4 Å². The summed E-state index contributed by atoms with van der Waals surface area (Å²) >= 11 is 0. The molecule has 1 aliphatic rings. The minimum absolute atomic E-state index is 0.00247. The van der Waals surface area contributed by atoms with E-state index in [1.807, 2.05) is 44.2 Å². The molecule has 0 spiro atoms. The van der Waals surface area contributed by atoms with Gasteiger partial charge in [-0.15, -0.1) is 0 Å². The van der Waals surface area contributed by atoms with Gasteiger partial charge in [-0.3, -0.25) is 14.4 Å². The molecule has 4 N–H and O–H groups in total. The number of aliphatic hydroxyl groups excluding tert-OH is 1. The second-order valence-electron chi connectivity index (χ2n) is 12.6. The smallest absolute Gasteiger partial charge is 0.243 e. The van der Waals surface area contributed by atoms with Crippen LogP contribution in [0.25, 0.3) is 0 Å². The molecular weight excluding hydrogens is 600 g/mol. The third kappa shape index (κ3) is 10.2. The third-order valence-electron chi connectivity index (χ3n) is 7.23. The van der Waals surface area contributed by atoms with E-state index >= 15 is 0 Å². The number of hydrogen-bond donors (Lipinski definition) is 4. The van der Waals surface area contributed by atoms with Gasteiger partial charge in [0.1, 0.15) is 6.04 Å². The van der Waals surface area contributed by atoms with Gasteiger partial charge in [0.15, 0.2) is 11.5 Å². The van der Waals surface area contributed by atoms with Crippen molar-refractivity contribution in [2.75, 3.05) is 26.4 Å². The molecule has 1 heterocycles. The molecule has 12 nitrogen and oxygen atoms in total. The summed E-state index contributed by atoms with van der Waals surface area (Å²) in [7, 11) is -4.09. The molecule has 0 unspecified atom stereocenters. The number of sulfonamides is 1. The van der Waals surface area contributed by atoms with Crippen LogP contribution in [0.3, 0.4) is 0 Å². The van der Waals surface area contributed by atoms with E-state index in [0.29, 0.717) is 11.5 Å². The van der Waals surface area contributed by atoms with E-state index < -0.39 is 45.4 Å². The zero-order valence-electron chi connectivity index (χ0n) is 26.8. The van der Waals surface area contributed by atoms with E-state index in [1.54, 1.807) is 27.7 Å². The van der Waals surface area contributed by atoms with Crippen molar-refractivity contribution < 1.29 is 37.4 Å². The largest absolute Gasteiger partial charge is 0.454 e. The number of hydrogen-bond acceptors (Lipinski definition) is 8. The van der Waals surface area contributed by atoms with Crippen molar-refractivity contribution in [1.82, 2.24) is 20.3 Å². The lowest BCUT2D eigenvalue weighted by atomic mass is 9.85. The zero-order chi connectivity index (χ0) is 33.4. The Bertz CT molecular complexity index is 1430. The number of ether oxygens (including phenoxy) is 2. The molecule has 3 rings (SSSR count). The number of nitrogens with one attached hydrogen (secondary N) is 3. The number of benzene rings is 2. The SMILES string of the molecule is CCC(=O)NCC(=O)N[C@H](C(=O)N[C@@H](Cc1ccccc1)[C@H](O)CN(CC(C)C)S(=O)(=O)c1ccc2c(c1)OCO2)C(C)(C)C. The molecule has 0 aliphatic carbocycles. The molecule has 0 fully saturated rings. The van der Waals surface area contributed by atoms with Crippen molar-refractivity contribution in [3.8, 4) is 11.5 Å². The molecule has 3 amide bonds. The molecule has 2 aromatic rings. The van der Waals surface area contributed by atoms with Gasteiger partial charge in [0.2, 0.25) is 34.5 Å². The Hall–Kier alpha value is -3.68. The molecule has 0 saturated carbocycles. The average molecular weight is 647 g/mol. The van der Waals surface area contributed by atoms with Crippen LogP contribution in [0, 0.1) is 11.3 Å². The number of amides is 3. The fourth-order valence-electron chi connectivity index (χ4n) is 4.81. The first-order valence-corrected chi connectivity index (χ1v) is 16.5. The second-order valence-corrected chi connectivity index (χ2v) is 14.5.